The van der Waals surface area contributed by atoms with E-state index in [0.29, 0.717) is 18.4 Å². The summed E-state index contributed by atoms with van der Waals surface area (Å²) >= 11 is 0. The van der Waals surface area contributed by atoms with E-state index in [4.69, 9.17) is 0 Å². The number of rotatable bonds is 5. The summed E-state index contributed by atoms with van der Waals surface area (Å²) in [7, 11) is 0. The van der Waals surface area contributed by atoms with Crippen LogP contribution in [0.3, 0.4) is 0 Å². The van der Waals surface area contributed by atoms with E-state index in [1.807, 2.05) is 77.4 Å². The zero-order valence-electron chi connectivity index (χ0n) is 16.5. The number of aromatic nitrogens is 1. The van der Waals surface area contributed by atoms with Crippen LogP contribution in [0.4, 0.5) is 0 Å². The number of unbranched alkanes of at least 4 members (excludes halogenated alkanes) is 1. The Balaban J connectivity index is 1.80. The standard InChI is InChI=1S/C26H23NO2/c1-2-3-16-26(17-18-10-5-4-6-11-18)24(28)21-14-9-13-20-19-12-7-8-15-22(19)27(23(20)21)25(26)29/h4-15H,2-3,16-17H2,1H3/t26-/m0/s1. The Morgan fingerprint density at radius 2 is 1.55 bits per heavy atom. The first-order valence-corrected chi connectivity index (χ1v) is 10.3. The molecule has 0 fully saturated rings. The fourth-order valence-electron chi connectivity index (χ4n) is 4.87. The number of hydrogen-bond donors (Lipinski definition) is 0. The fraction of sp³-hybridized carbons (Fsp3) is 0.231. The second-order valence-electron chi connectivity index (χ2n) is 8.04. The summed E-state index contributed by atoms with van der Waals surface area (Å²) in [5, 5.41) is 2.00. The summed E-state index contributed by atoms with van der Waals surface area (Å²) in [5.41, 5.74) is 2.30. The average Bonchev–Trinajstić information content (AvgIpc) is 3.10. The first-order chi connectivity index (χ1) is 14.2. The lowest BCUT2D eigenvalue weighted by molar-refractivity contribution is 0.0574. The summed E-state index contributed by atoms with van der Waals surface area (Å²) in [6.07, 6.45) is 2.79. The van der Waals surface area contributed by atoms with Crippen molar-refractivity contribution in [2.75, 3.05) is 0 Å². The maximum absolute atomic E-state index is 14.1. The number of hydrogen-bond acceptors (Lipinski definition) is 2. The highest BCUT2D eigenvalue weighted by molar-refractivity contribution is 6.29. The highest BCUT2D eigenvalue weighted by Crippen LogP contribution is 2.44. The molecule has 0 N–H and O–H groups in total. The third-order valence-electron chi connectivity index (χ3n) is 6.29. The van der Waals surface area contributed by atoms with Crippen molar-refractivity contribution >= 4 is 33.5 Å². The molecular formula is C26H23NO2. The van der Waals surface area contributed by atoms with E-state index < -0.39 is 5.41 Å². The minimum absolute atomic E-state index is 0.0271. The van der Waals surface area contributed by atoms with Gasteiger partial charge in [-0.05, 0) is 30.5 Å². The Morgan fingerprint density at radius 3 is 2.34 bits per heavy atom. The number of fused-ring (bicyclic) bond motifs is 3. The van der Waals surface area contributed by atoms with Crippen LogP contribution in [0.15, 0.2) is 72.8 Å². The molecule has 0 amide bonds. The molecule has 1 aromatic heterocycles. The zero-order valence-corrected chi connectivity index (χ0v) is 16.5. The van der Waals surface area contributed by atoms with Crippen molar-refractivity contribution in [3.63, 3.8) is 0 Å². The van der Waals surface area contributed by atoms with Gasteiger partial charge in [0, 0.05) is 16.3 Å². The molecule has 3 heteroatoms. The highest BCUT2D eigenvalue weighted by atomic mass is 16.2. The number of Topliss-reactive ketones (excluding diaryl/α,β-unsaturated/α-hetero) is 1. The molecule has 1 atom stereocenters. The van der Waals surface area contributed by atoms with Crippen LogP contribution in [-0.2, 0) is 6.42 Å². The highest BCUT2D eigenvalue weighted by Gasteiger charge is 2.50. The molecule has 5 rings (SSSR count). The molecule has 2 heterocycles. The van der Waals surface area contributed by atoms with Crippen LogP contribution in [0, 0.1) is 5.41 Å². The van der Waals surface area contributed by atoms with E-state index in [1.54, 1.807) is 0 Å². The van der Waals surface area contributed by atoms with Crippen molar-refractivity contribution in [1.29, 1.82) is 0 Å². The lowest BCUT2D eigenvalue weighted by atomic mass is 9.69. The number of para-hydroxylation sites is 2. The normalized spacial score (nSPS) is 18.7. The van der Waals surface area contributed by atoms with Gasteiger partial charge in [-0.3, -0.25) is 14.2 Å². The third kappa shape index (κ3) is 2.50. The molecule has 0 aliphatic carbocycles. The summed E-state index contributed by atoms with van der Waals surface area (Å²) in [4.78, 5) is 28.0. The Hall–Kier alpha value is -3.20. The maximum atomic E-state index is 14.1. The van der Waals surface area contributed by atoms with Crippen molar-refractivity contribution in [2.45, 2.75) is 32.6 Å². The van der Waals surface area contributed by atoms with E-state index in [2.05, 4.69) is 6.92 Å². The van der Waals surface area contributed by atoms with Crippen molar-refractivity contribution in [1.82, 2.24) is 4.57 Å². The molecule has 0 saturated heterocycles. The molecular weight excluding hydrogens is 358 g/mol. The largest absolute Gasteiger partial charge is 0.293 e. The van der Waals surface area contributed by atoms with E-state index in [9.17, 15) is 9.59 Å². The van der Waals surface area contributed by atoms with Gasteiger partial charge >= 0.3 is 0 Å². The number of carbonyl (C=O) groups is 2. The van der Waals surface area contributed by atoms with Gasteiger partial charge in [0.25, 0.3) is 0 Å². The van der Waals surface area contributed by atoms with Crippen molar-refractivity contribution in [3.05, 3.63) is 83.9 Å². The topological polar surface area (TPSA) is 39.1 Å². The van der Waals surface area contributed by atoms with Crippen LogP contribution < -0.4 is 0 Å². The van der Waals surface area contributed by atoms with Crippen LogP contribution in [0.5, 0.6) is 0 Å². The molecule has 0 unspecified atom stereocenters. The smallest absolute Gasteiger partial charge is 0.246 e. The molecule has 0 radical (unpaired) electrons. The van der Waals surface area contributed by atoms with Gasteiger partial charge in [0.1, 0.15) is 5.41 Å². The van der Waals surface area contributed by atoms with Gasteiger partial charge in [-0.1, -0.05) is 80.4 Å². The van der Waals surface area contributed by atoms with Crippen LogP contribution in [0.25, 0.3) is 21.8 Å². The quantitative estimate of drug-likeness (QED) is 0.395. The van der Waals surface area contributed by atoms with Crippen molar-refractivity contribution in [2.24, 2.45) is 5.41 Å². The number of benzene rings is 3. The first kappa shape index (κ1) is 17.9. The summed E-state index contributed by atoms with van der Waals surface area (Å²) in [6, 6.07) is 23.7. The SMILES string of the molecule is CCCC[C@]1(Cc2ccccc2)C(=O)c2cccc3c4ccccc4n(c23)C1=O. The molecule has 3 nitrogen and oxygen atoms in total. The molecule has 29 heavy (non-hydrogen) atoms. The van der Waals surface area contributed by atoms with Gasteiger partial charge in [0.15, 0.2) is 5.78 Å². The second-order valence-corrected chi connectivity index (χ2v) is 8.04. The Morgan fingerprint density at radius 1 is 0.828 bits per heavy atom. The van der Waals surface area contributed by atoms with E-state index in [1.165, 1.54) is 0 Å². The molecule has 0 spiro atoms. The molecule has 1 aliphatic heterocycles. The third-order valence-corrected chi connectivity index (χ3v) is 6.29. The summed E-state index contributed by atoms with van der Waals surface area (Å²) in [5.74, 6) is -0.106. The van der Waals surface area contributed by atoms with E-state index >= 15 is 0 Å². The fourth-order valence-corrected chi connectivity index (χ4v) is 4.87. The lowest BCUT2D eigenvalue weighted by Gasteiger charge is -2.35. The first-order valence-electron chi connectivity index (χ1n) is 10.3. The maximum Gasteiger partial charge on any atom is 0.246 e. The Labute approximate surface area is 170 Å². The average molecular weight is 381 g/mol. The predicted molar refractivity (Wildman–Crippen MR) is 117 cm³/mol. The number of ketones is 1. The Bertz CT molecular complexity index is 1250. The van der Waals surface area contributed by atoms with Gasteiger partial charge in [0.2, 0.25) is 5.91 Å². The predicted octanol–water partition coefficient (Wildman–Crippen LogP) is 6.05. The minimum atomic E-state index is -1.06. The van der Waals surface area contributed by atoms with Gasteiger partial charge in [0.05, 0.1) is 11.0 Å². The minimum Gasteiger partial charge on any atom is -0.293 e. The van der Waals surface area contributed by atoms with Gasteiger partial charge in [-0.25, -0.2) is 0 Å². The van der Waals surface area contributed by atoms with Crippen LogP contribution in [0.2, 0.25) is 0 Å². The lowest BCUT2D eigenvalue weighted by Crippen LogP contribution is -2.47. The molecule has 4 aromatic rings. The Kier molecular flexibility index (Phi) is 4.13. The number of carbonyl (C=O) groups excluding carboxylic acids is 2. The zero-order chi connectivity index (χ0) is 20.0. The molecule has 0 saturated carbocycles. The van der Waals surface area contributed by atoms with Crippen molar-refractivity contribution in [3.8, 4) is 0 Å². The summed E-state index contributed by atoms with van der Waals surface area (Å²) in [6.45, 7) is 2.10. The van der Waals surface area contributed by atoms with Crippen molar-refractivity contribution < 1.29 is 9.59 Å². The number of nitrogens with zero attached hydrogens (tertiary/aromatic N) is 1. The van der Waals surface area contributed by atoms with Crippen LogP contribution in [-0.4, -0.2) is 16.3 Å². The van der Waals surface area contributed by atoms with Crippen LogP contribution >= 0.6 is 0 Å². The van der Waals surface area contributed by atoms with E-state index in [0.717, 1.165) is 40.2 Å². The second kappa shape index (κ2) is 6.70. The molecule has 144 valence electrons. The van der Waals surface area contributed by atoms with Gasteiger partial charge < -0.3 is 0 Å². The molecule has 0 bridgehead atoms. The molecule has 1 aliphatic rings. The van der Waals surface area contributed by atoms with Gasteiger partial charge in [-0.2, -0.15) is 0 Å². The monoisotopic (exact) mass is 381 g/mol. The van der Waals surface area contributed by atoms with E-state index in [-0.39, 0.29) is 11.7 Å². The molecule has 3 aromatic carbocycles. The van der Waals surface area contributed by atoms with Gasteiger partial charge in [-0.15, -0.1) is 0 Å². The van der Waals surface area contributed by atoms with Crippen LogP contribution in [0.1, 0.15) is 46.9 Å². The summed E-state index contributed by atoms with van der Waals surface area (Å²) < 4.78 is 1.82.